The van der Waals surface area contributed by atoms with Crippen molar-refractivity contribution in [3.05, 3.63) is 4.91 Å². The first-order valence-electron chi connectivity index (χ1n) is 1.18. The van der Waals surface area contributed by atoms with Gasteiger partial charge in [-0.2, -0.15) is 0 Å². The van der Waals surface area contributed by atoms with Crippen molar-refractivity contribution < 1.29 is 4.79 Å². The van der Waals surface area contributed by atoms with Crippen molar-refractivity contribution in [2.24, 2.45) is 5.18 Å². The van der Waals surface area contributed by atoms with Crippen LogP contribution >= 0.6 is 0 Å². The largest absolute Gasteiger partial charge is 0.294 e. The molecule has 0 aromatic rings. The van der Waals surface area contributed by atoms with Gasteiger partial charge in [-0.1, -0.05) is 0 Å². The highest BCUT2D eigenvalue weighted by molar-refractivity contribution is 6.25. The van der Waals surface area contributed by atoms with Gasteiger partial charge in [0.05, 0.1) is 0 Å². The molecule has 0 aromatic carbocycles. The first-order valence-corrected chi connectivity index (χ1v) is 1.18. The lowest BCUT2D eigenvalue weighted by atomic mass is 10.7. The van der Waals surface area contributed by atoms with Crippen molar-refractivity contribution in [3.8, 4) is 0 Å². The summed E-state index contributed by atoms with van der Waals surface area (Å²) in [4.78, 5) is 18.2. The average Bonchev–Trinajstić information content (AvgIpc) is 1.65. The number of nitroso groups, excluding NO2 is 1. The summed E-state index contributed by atoms with van der Waals surface area (Å²) in [7, 11) is 0. The molecule has 0 amide bonds. The van der Waals surface area contributed by atoms with Crippen LogP contribution < -0.4 is 0 Å². The summed E-state index contributed by atoms with van der Waals surface area (Å²) in [6.07, 6.45) is 0.0764. The lowest BCUT2D eigenvalue weighted by Crippen LogP contribution is -1.87. The second kappa shape index (κ2) is 2.19. The molecule has 0 fully saturated rings. The van der Waals surface area contributed by atoms with Gasteiger partial charge >= 0.3 is 0 Å². The zero-order chi connectivity index (χ0) is 4.99. The molecule has 0 aliphatic carbocycles. The monoisotopic (exact) mass is 86.0 g/mol. The molecule has 32 valence electrons. The van der Waals surface area contributed by atoms with Crippen LogP contribution in [0.25, 0.3) is 0 Å². The molecule has 0 bridgehead atoms. The highest BCUT2D eigenvalue weighted by atomic mass is 16.3. The number of hydrogen-bond donors (Lipinski definition) is 1. The number of hydrogen-bond acceptors (Lipinski definition) is 3. The minimum Gasteiger partial charge on any atom is -0.294 e. The molecule has 0 saturated heterocycles. The van der Waals surface area contributed by atoms with E-state index in [-0.39, 0.29) is 6.29 Å². The van der Waals surface area contributed by atoms with Crippen LogP contribution in [0.15, 0.2) is 5.18 Å². The second-order valence-electron chi connectivity index (χ2n) is 0.594. The number of amidine groups is 1. The van der Waals surface area contributed by atoms with Crippen molar-refractivity contribution in [3.63, 3.8) is 0 Å². The Morgan fingerprint density at radius 2 is 2.33 bits per heavy atom. The fourth-order valence-corrected chi connectivity index (χ4v) is 0.0215. The second-order valence-corrected chi connectivity index (χ2v) is 0.594. The van der Waals surface area contributed by atoms with Gasteiger partial charge in [-0.25, -0.2) is 0 Å². The van der Waals surface area contributed by atoms with E-state index in [9.17, 15) is 4.79 Å². The maximum Gasteiger partial charge on any atom is 0.229 e. The van der Waals surface area contributed by atoms with E-state index >= 15 is 0 Å². The number of aldehydes is 1. The zero-order valence-electron chi connectivity index (χ0n) is 2.84. The Morgan fingerprint density at radius 1 is 1.83 bits per heavy atom. The minimum atomic E-state index is -0.769. The average molecular weight is 86.0 g/mol. The van der Waals surface area contributed by atoms with Gasteiger partial charge in [-0.15, -0.1) is 4.91 Å². The Morgan fingerprint density at radius 3 is 2.33 bits per heavy atom. The van der Waals surface area contributed by atoms with E-state index < -0.39 is 5.84 Å². The molecule has 4 nitrogen and oxygen atoms in total. The van der Waals surface area contributed by atoms with Crippen molar-refractivity contribution in [2.75, 3.05) is 0 Å². The first-order chi connectivity index (χ1) is 2.81. The molecule has 0 aliphatic rings. The van der Waals surface area contributed by atoms with Crippen LogP contribution in [0, 0.1) is 10.3 Å². The summed E-state index contributed by atoms with van der Waals surface area (Å²) in [5, 5.41) is 8.11. The molecule has 0 aromatic heterocycles. The van der Waals surface area contributed by atoms with Crippen LogP contribution in [0.5, 0.6) is 0 Å². The Labute approximate surface area is 33.6 Å². The van der Waals surface area contributed by atoms with Gasteiger partial charge < -0.3 is 0 Å². The third kappa shape index (κ3) is 1.28. The Balaban J connectivity index is 3.52. The molecule has 6 heavy (non-hydrogen) atoms. The van der Waals surface area contributed by atoms with Crippen LogP contribution in [0.4, 0.5) is 0 Å². The highest BCUT2D eigenvalue weighted by Gasteiger charge is 1.82. The van der Waals surface area contributed by atoms with Crippen molar-refractivity contribution in [1.29, 1.82) is 5.41 Å². The molecular weight excluding hydrogens is 84.0 g/mol. The standard InChI is InChI=1S/C2H2N2O2/c3-2(1-5)4-6/h1,3H. The summed E-state index contributed by atoms with van der Waals surface area (Å²) >= 11 is 0. The SMILES string of the molecule is N=C(C=O)N=O. The van der Waals surface area contributed by atoms with Gasteiger partial charge in [0.25, 0.3) is 0 Å². The quantitative estimate of drug-likeness (QED) is 0.210. The van der Waals surface area contributed by atoms with Gasteiger partial charge in [0.15, 0.2) is 6.29 Å². The lowest BCUT2D eigenvalue weighted by molar-refractivity contribution is -0.102. The summed E-state index contributed by atoms with van der Waals surface area (Å²) < 4.78 is 0. The zero-order valence-corrected chi connectivity index (χ0v) is 2.84. The van der Waals surface area contributed by atoms with Crippen LogP contribution in [-0.4, -0.2) is 12.1 Å². The van der Waals surface area contributed by atoms with E-state index in [1.807, 2.05) is 5.18 Å². The fraction of sp³-hybridized carbons (Fsp3) is 0. The van der Waals surface area contributed by atoms with Crippen LogP contribution in [-0.2, 0) is 4.79 Å². The van der Waals surface area contributed by atoms with Crippen LogP contribution in [0.1, 0.15) is 0 Å². The highest BCUT2D eigenvalue weighted by Crippen LogP contribution is 1.60. The van der Waals surface area contributed by atoms with Gasteiger partial charge in [0.1, 0.15) is 0 Å². The molecule has 1 N–H and O–H groups in total. The van der Waals surface area contributed by atoms with Crippen LogP contribution in [0.2, 0.25) is 0 Å². The lowest BCUT2D eigenvalue weighted by Gasteiger charge is -1.62. The van der Waals surface area contributed by atoms with E-state index in [1.54, 1.807) is 0 Å². The molecule has 0 rings (SSSR count). The summed E-state index contributed by atoms with van der Waals surface area (Å²) in [6, 6.07) is 0. The predicted molar refractivity (Wildman–Crippen MR) is 19.6 cm³/mol. The molecule has 0 atom stereocenters. The number of nitrogens with one attached hydrogen (secondary N) is 1. The van der Waals surface area contributed by atoms with Gasteiger partial charge in [-0.3, -0.25) is 10.2 Å². The smallest absolute Gasteiger partial charge is 0.229 e. The number of nitrogens with zero attached hydrogens (tertiary/aromatic N) is 1. The Kier molecular flexibility index (Phi) is 1.81. The molecule has 0 heterocycles. The molecule has 4 heteroatoms. The number of rotatable bonds is 1. The van der Waals surface area contributed by atoms with Gasteiger partial charge in [-0.05, 0) is 5.18 Å². The molecule has 0 radical (unpaired) electrons. The maximum absolute atomic E-state index is 9.22. The molecule has 0 saturated carbocycles. The summed E-state index contributed by atoms with van der Waals surface area (Å²) in [6.45, 7) is 0. The molecular formula is C2H2N2O2. The van der Waals surface area contributed by atoms with Crippen molar-refractivity contribution in [2.45, 2.75) is 0 Å². The maximum atomic E-state index is 9.22. The van der Waals surface area contributed by atoms with E-state index in [4.69, 9.17) is 10.3 Å². The summed E-state index contributed by atoms with van der Waals surface area (Å²) in [5.74, 6) is -0.769. The third-order valence-electron chi connectivity index (χ3n) is 0.210. The van der Waals surface area contributed by atoms with Crippen molar-refractivity contribution >= 4 is 12.1 Å². The molecule has 0 spiro atoms. The van der Waals surface area contributed by atoms with Gasteiger partial charge in [0.2, 0.25) is 5.84 Å². The van der Waals surface area contributed by atoms with E-state index in [2.05, 4.69) is 0 Å². The fourth-order valence-electron chi connectivity index (χ4n) is 0.0215. The third-order valence-corrected chi connectivity index (χ3v) is 0.210. The van der Waals surface area contributed by atoms with Crippen LogP contribution in [0.3, 0.4) is 0 Å². The predicted octanol–water partition coefficient (Wildman–Crippen LogP) is -0.0710. The molecule has 0 aliphatic heterocycles. The minimum absolute atomic E-state index is 0.0764. The van der Waals surface area contributed by atoms with Crippen molar-refractivity contribution in [1.82, 2.24) is 0 Å². The van der Waals surface area contributed by atoms with E-state index in [0.29, 0.717) is 0 Å². The van der Waals surface area contributed by atoms with E-state index in [1.165, 1.54) is 0 Å². The normalized spacial score (nSPS) is 6.67. The summed E-state index contributed by atoms with van der Waals surface area (Å²) in [5.41, 5.74) is 0. The Bertz CT molecular complexity index is 77.5. The molecule has 0 unspecified atom stereocenters. The van der Waals surface area contributed by atoms with E-state index in [0.717, 1.165) is 0 Å². The first kappa shape index (κ1) is 4.94. The number of carbonyl (C=O) groups is 1. The topological polar surface area (TPSA) is 70.3 Å². The number of carbonyl (C=O) groups excluding carboxylic acids is 1. The Hall–Kier alpha value is -1.06. The van der Waals surface area contributed by atoms with Gasteiger partial charge in [0, 0.05) is 0 Å².